The van der Waals surface area contributed by atoms with Crippen molar-refractivity contribution in [1.29, 1.82) is 0 Å². The monoisotopic (exact) mass is 270 g/mol. The number of nitrogens with zero attached hydrogens (tertiary/aromatic N) is 3. The highest BCUT2D eigenvalue weighted by Gasteiger charge is 2.24. The van der Waals surface area contributed by atoms with E-state index in [0.717, 1.165) is 29.8 Å². The molecule has 0 spiro atoms. The van der Waals surface area contributed by atoms with Crippen LogP contribution in [0.5, 0.6) is 0 Å². The maximum absolute atomic E-state index is 5.87. The van der Waals surface area contributed by atoms with E-state index < -0.39 is 0 Å². The molecular weight excluding hydrogens is 248 g/mol. The van der Waals surface area contributed by atoms with Crippen LogP contribution in [0.25, 0.3) is 10.9 Å². The second-order valence-electron chi connectivity index (χ2n) is 6.43. The Morgan fingerprint density at radius 3 is 2.75 bits per heavy atom. The Morgan fingerprint density at radius 2 is 1.90 bits per heavy atom. The molecule has 4 nitrogen and oxygen atoms in total. The Bertz CT molecular complexity index is 621. The van der Waals surface area contributed by atoms with E-state index in [1.165, 1.54) is 19.3 Å². The third-order valence-corrected chi connectivity index (χ3v) is 4.24. The Labute approximate surface area is 120 Å². The third kappa shape index (κ3) is 2.55. The normalized spacial score (nSPS) is 19.0. The van der Waals surface area contributed by atoms with Crippen LogP contribution in [0.3, 0.4) is 0 Å². The van der Waals surface area contributed by atoms with E-state index in [-0.39, 0.29) is 0 Å². The van der Waals surface area contributed by atoms with Gasteiger partial charge in [0.1, 0.15) is 5.82 Å². The fourth-order valence-electron chi connectivity index (χ4n) is 2.95. The van der Waals surface area contributed by atoms with Gasteiger partial charge in [-0.15, -0.1) is 0 Å². The molecule has 4 heteroatoms. The zero-order valence-electron chi connectivity index (χ0n) is 12.3. The predicted octanol–water partition coefficient (Wildman–Crippen LogP) is 3.23. The van der Waals surface area contributed by atoms with Crippen LogP contribution in [0.4, 0.5) is 11.8 Å². The van der Waals surface area contributed by atoms with Crippen LogP contribution in [0.15, 0.2) is 24.3 Å². The number of fused-ring (bicyclic) bond motifs is 1. The van der Waals surface area contributed by atoms with Gasteiger partial charge in [0.2, 0.25) is 5.95 Å². The van der Waals surface area contributed by atoms with E-state index in [2.05, 4.69) is 34.8 Å². The minimum absolute atomic E-state index is 0.363. The van der Waals surface area contributed by atoms with Crippen molar-refractivity contribution in [3.63, 3.8) is 0 Å². The van der Waals surface area contributed by atoms with E-state index in [1.807, 2.05) is 18.2 Å². The molecule has 0 unspecified atom stereocenters. The minimum atomic E-state index is 0.363. The zero-order chi connectivity index (χ0) is 14.2. The van der Waals surface area contributed by atoms with Crippen LogP contribution in [0.1, 0.15) is 33.1 Å². The largest absolute Gasteiger partial charge is 0.368 e. The average Bonchev–Trinajstić information content (AvgIpc) is 2.59. The quantitative estimate of drug-likeness (QED) is 0.864. The molecule has 1 aromatic carbocycles. The van der Waals surface area contributed by atoms with E-state index >= 15 is 0 Å². The molecule has 1 aliphatic heterocycles. The molecule has 2 N–H and O–H groups in total. The summed E-state index contributed by atoms with van der Waals surface area (Å²) in [5.74, 6) is 1.35. The van der Waals surface area contributed by atoms with Crippen molar-refractivity contribution < 1.29 is 0 Å². The van der Waals surface area contributed by atoms with Crippen LogP contribution in [-0.2, 0) is 0 Å². The Hall–Kier alpha value is -1.84. The Balaban J connectivity index is 2.01. The first-order valence-corrected chi connectivity index (χ1v) is 7.32. The number of hydrogen-bond acceptors (Lipinski definition) is 4. The summed E-state index contributed by atoms with van der Waals surface area (Å²) in [4.78, 5) is 11.2. The van der Waals surface area contributed by atoms with Crippen LogP contribution in [0.2, 0.25) is 0 Å². The molecule has 106 valence electrons. The smallest absolute Gasteiger partial charge is 0.222 e. The van der Waals surface area contributed by atoms with Crippen molar-refractivity contribution in [2.24, 2.45) is 5.41 Å². The molecule has 0 radical (unpaired) electrons. The van der Waals surface area contributed by atoms with Gasteiger partial charge in [0.05, 0.1) is 5.52 Å². The summed E-state index contributed by atoms with van der Waals surface area (Å²) in [7, 11) is 0. The lowest BCUT2D eigenvalue weighted by molar-refractivity contribution is 0.325. The summed E-state index contributed by atoms with van der Waals surface area (Å²) in [6.45, 7) is 6.78. The molecule has 3 rings (SSSR count). The first kappa shape index (κ1) is 13.2. The number of nitrogen functional groups attached to an aromatic ring is 1. The average molecular weight is 270 g/mol. The van der Waals surface area contributed by atoms with Gasteiger partial charge in [0, 0.05) is 18.5 Å². The number of aromatic nitrogens is 2. The number of para-hydroxylation sites is 1. The number of hydrogen-bond donors (Lipinski definition) is 1. The highest BCUT2D eigenvalue weighted by molar-refractivity contribution is 5.90. The highest BCUT2D eigenvalue weighted by atomic mass is 15.2. The lowest BCUT2D eigenvalue weighted by atomic mass is 9.85. The fraction of sp³-hybridized carbons (Fsp3) is 0.500. The van der Waals surface area contributed by atoms with Gasteiger partial charge in [-0.2, -0.15) is 4.98 Å². The van der Waals surface area contributed by atoms with Crippen molar-refractivity contribution in [2.75, 3.05) is 23.7 Å². The maximum Gasteiger partial charge on any atom is 0.222 e. The molecule has 2 heterocycles. The molecule has 20 heavy (non-hydrogen) atoms. The third-order valence-electron chi connectivity index (χ3n) is 4.24. The molecule has 1 aliphatic rings. The van der Waals surface area contributed by atoms with Crippen molar-refractivity contribution in [2.45, 2.75) is 33.1 Å². The standard InChI is InChI=1S/C16H22N4/c1-16(2)8-5-10-20(11-9-16)14-12-6-3-4-7-13(12)18-15(17)19-14/h3-4,6-7H,5,8-11H2,1-2H3,(H2,17,18,19). The molecule has 0 bridgehead atoms. The topological polar surface area (TPSA) is 55.0 Å². The number of nitrogens with two attached hydrogens (primary N) is 1. The number of benzene rings is 1. The van der Waals surface area contributed by atoms with E-state index in [0.29, 0.717) is 11.4 Å². The second-order valence-corrected chi connectivity index (χ2v) is 6.43. The van der Waals surface area contributed by atoms with E-state index in [9.17, 15) is 0 Å². The molecule has 1 saturated heterocycles. The molecule has 1 aromatic heterocycles. The number of anilines is 2. The van der Waals surface area contributed by atoms with Crippen LogP contribution < -0.4 is 10.6 Å². The molecule has 0 aliphatic carbocycles. The Morgan fingerprint density at radius 1 is 1.10 bits per heavy atom. The van der Waals surface area contributed by atoms with E-state index in [4.69, 9.17) is 5.73 Å². The van der Waals surface area contributed by atoms with Gasteiger partial charge < -0.3 is 10.6 Å². The predicted molar refractivity (Wildman–Crippen MR) is 83.8 cm³/mol. The van der Waals surface area contributed by atoms with Crippen LogP contribution in [0, 0.1) is 5.41 Å². The molecule has 0 saturated carbocycles. The first-order valence-electron chi connectivity index (χ1n) is 7.32. The summed E-state index contributed by atoms with van der Waals surface area (Å²) in [5.41, 5.74) is 7.22. The second kappa shape index (κ2) is 4.93. The molecule has 1 fully saturated rings. The van der Waals surface area contributed by atoms with Crippen LogP contribution >= 0.6 is 0 Å². The van der Waals surface area contributed by atoms with Gasteiger partial charge in [-0.1, -0.05) is 26.0 Å². The van der Waals surface area contributed by atoms with Crippen molar-refractivity contribution >= 4 is 22.7 Å². The van der Waals surface area contributed by atoms with Gasteiger partial charge in [0.25, 0.3) is 0 Å². The first-order chi connectivity index (χ1) is 9.55. The Kier molecular flexibility index (Phi) is 3.24. The summed E-state index contributed by atoms with van der Waals surface area (Å²) in [6, 6.07) is 8.11. The van der Waals surface area contributed by atoms with Crippen molar-refractivity contribution in [1.82, 2.24) is 9.97 Å². The lowest BCUT2D eigenvalue weighted by Crippen LogP contribution is -2.26. The number of rotatable bonds is 1. The van der Waals surface area contributed by atoms with Gasteiger partial charge in [-0.25, -0.2) is 4.98 Å². The van der Waals surface area contributed by atoms with Gasteiger partial charge in [-0.05, 0) is 36.8 Å². The minimum Gasteiger partial charge on any atom is -0.368 e. The SMILES string of the molecule is CC1(C)CCCN(c2nc(N)nc3ccccc23)CC1. The van der Waals surface area contributed by atoms with Gasteiger partial charge in [-0.3, -0.25) is 0 Å². The van der Waals surface area contributed by atoms with Gasteiger partial charge >= 0.3 is 0 Å². The summed E-state index contributed by atoms with van der Waals surface area (Å²) >= 11 is 0. The van der Waals surface area contributed by atoms with Crippen LogP contribution in [-0.4, -0.2) is 23.1 Å². The van der Waals surface area contributed by atoms with Crippen molar-refractivity contribution in [3.05, 3.63) is 24.3 Å². The van der Waals surface area contributed by atoms with Gasteiger partial charge in [0.15, 0.2) is 0 Å². The zero-order valence-corrected chi connectivity index (χ0v) is 12.3. The maximum atomic E-state index is 5.87. The molecule has 0 atom stereocenters. The highest BCUT2D eigenvalue weighted by Crippen LogP contribution is 2.33. The summed E-state index contributed by atoms with van der Waals surface area (Å²) in [6.07, 6.45) is 3.65. The lowest BCUT2D eigenvalue weighted by Gasteiger charge is -2.25. The molecule has 2 aromatic rings. The van der Waals surface area contributed by atoms with Crippen molar-refractivity contribution in [3.8, 4) is 0 Å². The van der Waals surface area contributed by atoms with E-state index in [1.54, 1.807) is 0 Å². The summed E-state index contributed by atoms with van der Waals surface area (Å²) < 4.78 is 0. The molecule has 0 amide bonds. The fourth-order valence-corrected chi connectivity index (χ4v) is 2.95. The summed E-state index contributed by atoms with van der Waals surface area (Å²) in [5, 5.41) is 1.10. The molecular formula is C16H22N4.